The molecule has 0 radical (unpaired) electrons. The van der Waals surface area contributed by atoms with Crippen LogP contribution in [0.2, 0.25) is 0 Å². The summed E-state index contributed by atoms with van der Waals surface area (Å²) in [5.41, 5.74) is 6.16. The maximum atomic E-state index is 6.16. The van der Waals surface area contributed by atoms with Gasteiger partial charge >= 0.3 is 116 Å². The Morgan fingerprint density at radius 2 is 1.94 bits per heavy atom. The summed E-state index contributed by atoms with van der Waals surface area (Å²) in [4.78, 5) is 4.38. The van der Waals surface area contributed by atoms with E-state index >= 15 is 0 Å². The van der Waals surface area contributed by atoms with Crippen LogP contribution < -0.4 is 27.4 Å². The van der Waals surface area contributed by atoms with Crippen LogP contribution in [0.5, 0.6) is 0 Å². The Morgan fingerprint density at radius 1 is 1.29 bits per heavy atom. The average Bonchev–Trinajstić information content (AvgIpc) is 2.25. The molecule has 104 valence electrons. The van der Waals surface area contributed by atoms with Crippen LogP contribution in [0.15, 0.2) is 12.3 Å². The van der Waals surface area contributed by atoms with Gasteiger partial charge in [0.2, 0.25) is 0 Å². The molecule has 0 saturated heterocycles. The number of nitrogens with two attached hydrogens (primary N) is 1. The molecular weight excluding hydrogens is 333 g/mol. The van der Waals surface area contributed by atoms with Crippen LogP contribution in [0.3, 0.4) is 0 Å². The molecule has 0 aromatic heterocycles. The SMILES string of the molecule is CO/C=C/[C@@H](N)C(C[I-]OC)N(C)CN(C)C. The van der Waals surface area contributed by atoms with Gasteiger partial charge in [-0.15, -0.1) is 0 Å². The van der Waals surface area contributed by atoms with E-state index in [1.54, 1.807) is 20.5 Å². The zero-order valence-corrected chi connectivity index (χ0v) is 13.5. The minimum absolute atomic E-state index is 0.0326. The molecule has 1 unspecified atom stereocenters. The Bertz CT molecular complexity index is 215. The zero-order valence-electron chi connectivity index (χ0n) is 11.4. The van der Waals surface area contributed by atoms with Crippen LogP contribution in [-0.2, 0) is 7.80 Å². The van der Waals surface area contributed by atoms with Gasteiger partial charge in [-0.05, 0) is 0 Å². The van der Waals surface area contributed by atoms with E-state index in [0.717, 1.165) is 11.1 Å². The summed E-state index contributed by atoms with van der Waals surface area (Å²) in [5, 5.41) is 0. The maximum absolute atomic E-state index is 6.16. The number of alkyl halides is 1. The van der Waals surface area contributed by atoms with Gasteiger partial charge in [-0.25, -0.2) is 0 Å². The Hall–Kier alpha value is 0.110. The molecule has 6 heteroatoms. The quantitative estimate of drug-likeness (QED) is 0.205. The molecule has 0 aliphatic rings. The van der Waals surface area contributed by atoms with Gasteiger partial charge in [-0.2, -0.15) is 0 Å². The predicted molar refractivity (Wildman–Crippen MR) is 66.1 cm³/mol. The summed E-state index contributed by atoms with van der Waals surface area (Å²) in [5.74, 6) is 0. The van der Waals surface area contributed by atoms with E-state index in [2.05, 4.69) is 30.9 Å². The molecule has 0 aromatic carbocycles. The van der Waals surface area contributed by atoms with Crippen LogP contribution in [0.4, 0.5) is 0 Å². The predicted octanol–water partition coefficient (Wildman–Crippen LogP) is -3.06. The molecule has 17 heavy (non-hydrogen) atoms. The van der Waals surface area contributed by atoms with E-state index in [1.165, 1.54) is 0 Å². The fourth-order valence-corrected chi connectivity index (χ4v) is 3.48. The third-order valence-electron chi connectivity index (χ3n) is 2.28. The van der Waals surface area contributed by atoms with Gasteiger partial charge in [0.25, 0.3) is 0 Å². The first kappa shape index (κ1) is 17.1. The number of likely N-dealkylation sites (N-methyl/N-ethyl adjacent to an activating group) is 1. The molecule has 0 aliphatic carbocycles. The summed E-state index contributed by atoms with van der Waals surface area (Å²) in [6.07, 6.45) is 3.54. The topological polar surface area (TPSA) is 51.0 Å². The van der Waals surface area contributed by atoms with Gasteiger partial charge in [0.1, 0.15) is 0 Å². The second-order valence-corrected chi connectivity index (χ2v) is 6.49. The molecular formula is C11H25IN3O2-. The van der Waals surface area contributed by atoms with E-state index in [4.69, 9.17) is 13.5 Å². The molecule has 0 bridgehead atoms. The summed E-state index contributed by atoms with van der Waals surface area (Å²) in [7, 11) is 9.58. The Balaban J connectivity index is 4.43. The number of hydrogen-bond acceptors (Lipinski definition) is 5. The van der Waals surface area contributed by atoms with Gasteiger partial charge < -0.3 is 0 Å². The molecule has 2 N–H and O–H groups in total. The molecule has 0 fully saturated rings. The van der Waals surface area contributed by atoms with Gasteiger partial charge in [0.05, 0.1) is 0 Å². The first-order chi connectivity index (χ1) is 8.02. The number of rotatable bonds is 9. The number of hydrogen-bond donors (Lipinski definition) is 1. The van der Waals surface area contributed by atoms with E-state index in [1.807, 2.05) is 6.08 Å². The second-order valence-electron chi connectivity index (χ2n) is 4.10. The first-order valence-corrected chi connectivity index (χ1v) is 7.85. The van der Waals surface area contributed by atoms with Crippen LogP contribution in [0, 0.1) is 0 Å². The van der Waals surface area contributed by atoms with E-state index in [9.17, 15) is 0 Å². The molecule has 0 spiro atoms. The summed E-state index contributed by atoms with van der Waals surface area (Å²) in [6.45, 7) is 0.882. The van der Waals surface area contributed by atoms with E-state index in [0.29, 0.717) is 0 Å². The van der Waals surface area contributed by atoms with Gasteiger partial charge in [0, 0.05) is 0 Å². The summed E-state index contributed by atoms with van der Waals surface area (Å²) >= 11 is -0.236. The third kappa shape index (κ3) is 7.93. The molecule has 0 aliphatic heterocycles. The monoisotopic (exact) mass is 358 g/mol. The van der Waals surface area contributed by atoms with Crippen molar-refractivity contribution in [2.24, 2.45) is 5.73 Å². The van der Waals surface area contributed by atoms with Crippen molar-refractivity contribution < 1.29 is 29.4 Å². The van der Waals surface area contributed by atoms with Gasteiger partial charge in [0.15, 0.2) is 0 Å². The van der Waals surface area contributed by atoms with Crippen LogP contribution >= 0.6 is 0 Å². The van der Waals surface area contributed by atoms with Crippen molar-refractivity contribution >= 4 is 0 Å². The van der Waals surface area contributed by atoms with Crippen molar-refractivity contribution in [3.63, 3.8) is 0 Å². The van der Waals surface area contributed by atoms with Crippen LogP contribution in [0.1, 0.15) is 0 Å². The van der Waals surface area contributed by atoms with Crippen molar-refractivity contribution in [1.82, 2.24) is 9.80 Å². The van der Waals surface area contributed by atoms with Crippen molar-refractivity contribution in [2.75, 3.05) is 46.5 Å². The molecule has 5 nitrogen and oxygen atoms in total. The molecule has 0 rings (SSSR count). The van der Waals surface area contributed by atoms with Gasteiger partial charge in [-0.1, -0.05) is 0 Å². The Morgan fingerprint density at radius 3 is 2.41 bits per heavy atom. The summed E-state index contributed by atoms with van der Waals surface area (Å²) < 4.78 is 11.2. The van der Waals surface area contributed by atoms with Crippen molar-refractivity contribution in [1.29, 1.82) is 0 Å². The van der Waals surface area contributed by atoms with E-state index in [-0.39, 0.29) is 33.7 Å². The first-order valence-electron chi connectivity index (χ1n) is 5.45. The second kappa shape index (κ2) is 10.1. The fraction of sp³-hybridized carbons (Fsp3) is 0.818. The van der Waals surface area contributed by atoms with Crippen molar-refractivity contribution in [3.8, 4) is 0 Å². The summed E-state index contributed by atoms with van der Waals surface area (Å²) in [6, 6.07) is 0.256. The molecule has 0 amide bonds. The van der Waals surface area contributed by atoms with Crippen molar-refractivity contribution in [2.45, 2.75) is 12.1 Å². The fourth-order valence-electron chi connectivity index (χ4n) is 1.49. The Labute approximate surface area is 116 Å². The number of nitrogens with zero attached hydrogens (tertiary/aromatic N) is 2. The average molecular weight is 358 g/mol. The number of ether oxygens (including phenoxy) is 1. The third-order valence-corrected chi connectivity index (χ3v) is 4.17. The van der Waals surface area contributed by atoms with E-state index < -0.39 is 0 Å². The normalized spacial score (nSPS) is 16.0. The zero-order chi connectivity index (χ0) is 13.3. The molecule has 2 atom stereocenters. The minimum atomic E-state index is -0.236. The molecule has 0 aromatic rings. The molecule has 0 saturated carbocycles. The van der Waals surface area contributed by atoms with Crippen LogP contribution in [0.25, 0.3) is 0 Å². The van der Waals surface area contributed by atoms with Gasteiger partial charge in [-0.3, -0.25) is 0 Å². The van der Waals surface area contributed by atoms with Crippen molar-refractivity contribution in [3.05, 3.63) is 12.3 Å². The number of halogens is 1. The Kier molecular flexibility index (Phi) is 10.1. The molecule has 0 heterocycles. The standard InChI is InChI=1S/C11H25IN3O2/c1-14(2)9-15(3)11(8-12-17-5)10(13)6-7-16-4/h6-7,10-11H,8-9,13H2,1-5H3/q-1/b7-6+/t10-,11?/m1/s1. The van der Waals surface area contributed by atoms with Crippen LogP contribution in [-0.4, -0.2) is 68.3 Å². The number of methoxy groups -OCH3 is 1.